The van der Waals surface area contributed by atoms with Crippen LogP contribution in [-0.4, -0.2) is 34.7 Å². The summed E-state index contributed by atoms with van der Waals surface area (Å²) < 4.78 is 7.09. The molecule has 0 fully saturated rings. The van der Waals surface area contributed by atoms with E-state index in [1.165, 1.54) is 52.5 Å². The highest BCUT2D eigenvalue weighted by atomic mass is 32.1. The summed E-state index contributed by atoms with van der Waals surface area (Å²) >= 11 is 1.82. The zero-order valence-electron chi connectivity index (χ0n) is 37.1. The topological polar surface area (TPSA) is 111 Å². The van der Waals surface area contributed by atoms with Gasteiger partial charge in [-0.2, -0.15) is 0 Å². The third-order valence-electron chi connectivity index (χ3n) is 14.2. The zero-order valence-corrected chi connectivity index (χ0v) is 37.9. The number of hydrogen-bond acceptors (Lipinski definition) is 6. The molecule has 332 valence electrons. The summed E-state index contributed by atoms with van der Waals surface area (Å²) in [5.41, 5.74) is 10.3. The van der Waals surface area contributed by atoms with Crippen LogP contribution in [-0.2, 0) is 0 Å². The molecule has 0 bridgehead atoms. The SMILES string of the molecule is Oc1c(O)c(O)c(-c2ccc3c4ccc(-c5cc(-c6cccc7c6sc6ccccc67)cc(-n6c7ccccc7c7c8ccccc8c8ccccc8c76)c5)cc4n(-c4ccccc4)c3c2)c(O)c1O. The highest BCUT2D eigenvalue weighted by molar-refractivity contribution is 7.26. The Bertz CT molecular complexity index is 4520. The van der Waals surface area contributed by atoms with Crippen LogP contribution in [0.3, 0.4) is 0 Å². The number of aromatic nitrogens is 2. The first-order chi connectivity index (χ1) is 34.3. The van der Waals surface area contributed by atoms with E-state index in [4.69, 9.17) is 0 Å². The van der Waals surface area contributed by atoms with Gasteiger partial charge >= 0.3 is 0 Å². The molecule has 70 heavy (non-hydrogen) atoms. The standard InChI is InChI=1S/C62H38N2O5S/c65-57-54(58(66)60(68)61(69)59(57)67)35-26-28-44-43-27-25-34(32-51(43)63(52(44)33-35)38-13-2-1-3-14-38)36-29-37(40-21-12-22-48-45-17-9-11-24-53(45)70-62(40)48)31-39(30-36)64-50-23-10-8-20-49(50)55-46-18-6-4-15-41(46)42-16-5-7-19-47(42)56(55)64/h1-33,65-69H. The van der Waals surface area contributed by atoms with Crippen LogP contribution in [0.1, 0.15) is 0 Å². The number of phenolic OH excluding ortho intramolecular Hbond substituents is 5. The number of fused-ring (bicyclic) bond motifs is 14. The van der Waals surface area contributed by atoms with Crippen molar-refractivity contribution in [3.8, 4) is 73.5 Å². The second kappa shape index (κ2) is 14.9. The van der Waals surface area contributed by atoms with Crippen molar-refractivity contribution < 1.29 is 25.5 Å². The Balaban J connectivity index is 1.07. The molecule has 11 aromatic carbocycles. The predicted octanol–water partition coefficient (Wildman–Crippen LogP) is 16.1. The van der Waals surface area contributed by atoms with E-state index in [1.54, 1.807) is 6.07 Å². The van der Waals surface area contributed by atoms with Crippen molar-refractivity contribution in [1.29, 1.82) is 0 Å². The van der Waals surface area contributed by atoms with Crippen molar-refractivity contribution in [3.05, 3.63) is 200 Å². The molecule has 0 unspecified atom stereocenters. The van der Waals surface area contributed by atoms with Crippen LogP contribution in [0.25, 0.3) is 130 Å². The minimum Gasteiger partial charge on any atom is -0.504 e. The molecule has 0 amide bonds. The molecule has 3 heterocycles. The first-order valence-corrected chi connectivity index (χ1v) is 23.9. The van der Waals surface area contributed by atoms with Gasteiger partial charge in [-0.3, -0.25) is 0 Å². The maximum atomic E-state index is 11.0. The summed E-state index contributed by atoms with van der Waals surface area (Å²) in [6.45, 7) is 0. The molecule has 14 aromatic rings. The summed E-state index contributed by atoms with van der Waals surface area (Å²) in [6, 6.07) is 70.5. The van der Waals surface area contributed by atoms with Crippen molar-refractivity contribution in [1.82, 2.24) is 9.13 Å². The first-order valence-electron chi connectivity index (χ1n) is 23.0. The smallest absolute Gasteiger partial charge is 0.208 e. The minimum absolute atomic E-state index is 0.205. The monoisotopic (exact) mass is 922 g/mol. The average Bonchev–Trinajstić information content (AvgIpc) is 4.08. The summed E-state index contributed by atoms with van der Waals surface area (Å²) in [6.07, 6.45) is 0. The molecule has 5 N–H and O–H groups in total. The van der Waals surface area contributed by atoms with Crippen LogP contribution in [0.4, 0.5) is 0 Å². The fourth-order valence-corrected chi connectivity index (χ4v) is 12.3. The van der Waals surface area contributed by atoms with E-state index in [9.17, 15) is 25.5 Å². The molecule has 0 saturated carbocycles. The lowest BCUT2D eigenvalue weighted by Crippen LogP contribution is -1.97. The Morgan fingerprint density at radius 3 is 1.61 bits per heavy atom. The van der Waals surface area contributed by atoms with Gasteiger partial charge in [0, 0.05) is 58.5 Å². The van der Waals surface area contributed by atoms with E-state index in [-0.39, 0.29) is 5.56 Å². The molecule has 7 nitrogen and oxygen atoms in total. The number of nitrogens with zero attached hydrogens (tertiary/aromatic N) is 2. The lowest BCUT2D eigenvalue weighted by Gasteiger charge is -2.16. The Kier molecular flexibility index (Phi) is 8.48. The van der Waals surface area contributed by atoms with Crippen molar-refractivity contribution in [3.63, 3.8) is 0 Å². The molecule has 0 aliphatic carbocycles. The van der Waals surface area contributed by atoms with E-state index in [0.29, 0.717) is 5.56 Å². The highest BCUT2D eigenvalue weighted by Crippen LogP contribution is 2.55. The molecular formula is C62H38N2O5S. The van der Waals surface area contributed by atoms with E-state index in [1.807, 2.05) is 53.8 Å². The molecule has 0 atom stereocenters. The van der Waals surface area contributed by atoms with Crippen LogP contribution in [0.5, 0.6) is 28.7 Å². The van der Waals surface area contributed by atoms with Crippen molar-refractivity contribution in [2.75, 3.05) is 0 Å². The van der Waals surface area contributed by atoms with Crippen molar-refractivity contribution >= 4 is 96.7 Å². The summed E-state index contributed by atoms with van der Waals surface area (Å²) in [4.78, 5) is 0. The molecule has 8 heteroatoms. The fourth-order valence-electron chi connectivity index (χ4n) is 11.1. The van der Waals surface area contributed by atoms with Crippen LogP contribution in [0, 0.1) is 0 Å². The second-order valence-electron chi connectivity index (χ2n) is 18.0. The maximum absolute atomic E-state index is 11.0. The largest absolute Gasteiger partial charge is 0.504 e. The third kappa shape index (κ3) is 5.62. The van der Waals surface area contributed by atoms with Gasteiger partial charge in [-0.1, -0.05) is 146 Å². The van der Waals surface area contributed by atoms with Crippen LogP contribution < -0.4 is 0 Å². The van der Waals surface area contributed by atoms with E-state index in [0.717, 1.165) is 66.5 Å². The Morgan fingerprint density at radius 1 is 0.314 bits per heavy atom. The molecular weight excluding hydrogens is 885 g/mol. The van der Waals surface area contributed by atoms with Gasteiger partial charge in [-0.25, -0.2) is 0 Å². The highest BCUT2D eigenvalue weighted by Gasteiger charge is 2.26. The van der Waals surface area contributed by atoms with Crippen LogP contribution in [0.15, 0.2) is 200 Å². The second-order valence-corrected chi connectivity index (χ2v) is 19.0. The molecule has 0 radical (unpaired) electrons. The van der Waals surface area contributed by atoms with Gasteiger partial charge in [0.1, 0.15) is 0 Å². The van der Waals surface area contributed by atoms with Crippen molar-refractivity contribution in [2.45, 2.75) is 0 Å². The molecule has 0 spiro atoms. The summed E-state index contributed by atoms with van der Waals surface area (Å²) in [5.74, 6) is -4.34. The predicted molar refractivity (Wildman–Crippen MR) is 288 cm³/mol. The zero-order chi connectivity index (χ0) is 46.9. The van der Waals surface area contributed by atoms with Gasteiger partial charge < -0.3 is 34.7 Å². The van der Waals surface area contributed by atoms with Crippen LogP contribution in [0.2, 0.25) is 0 Å². The van der Waals surface area contributed by atoms with Gasteiger partial charge in [-0.05, 0) is 98.6 Å². The summed E-state index contributed by atoms with van der Waals surface area (Å²) in [5, 5.41) is 64.9. The third-order valence-corrected chi connectivity index (χ3v) is 15.4. The lowest BCUT2D eigenvalue weighted by molar-refractivity contribution is 0.330. The average molecular weight is 923 g/mol. The normalized spacial score (nSPS) is 12.0. The Labute approximate surface area is 403 Å². The van der Waals surface area contributed by atoms with E-state index in [2.05, 4.69) is 161 Å². The van der Waals surface area contributed by atoms with Gasteiger partial charge in [0.25, 0.3) is 0 Å². The van der Waals surface area contributed by atoms with Gasteiger partial charge in [0.05, 0.1) is 27.6 Å². The number of para-hydroxylation sites is 2. The quantitative estimate of drug-likeness (QED) is 0.0671. The fraction of sp³-hybridized carbons (Fsp3) is 0. The molecule has 0 saturated heterocycles. The molecule has 0 aliphatic rings. The molecule has 3 aromatic heterocycles. The van der Waals surface area contributed by atoms with Gasteiger partial charge in [-0.15, -0.1) is 11.3 Å². The molecule has 0 aliphatic heterocycles. The number of thiophene rings is 1. The van der Waals surface area contributed by atoms with Crippen LogP contribution >= 0.6 is 11.3 Å². The first kappa shape index (κ1) is 39.9. The number of rotatable bonds is 5. The Morgan fingerprint density at radius 2 is 0.871 bits per heavy atom. The minimum atomic E-state index is -1.00. The van der Waals surface area contributed by atoms with Gasteiger partial charge in [0.15, 0.2) is 11.5 Å². The maximum Gasteiger partial charge on any atom is 0.208 e. The number of aromatic hydroxyl groups is 5. The lowest BCUT2D eigenvalue weighted by atomic mass is 9.95. The molecule has 14 rings (SSSR count). The Hall–Kier alpha value is -9.24. The summed E-state index contributed by atoms with van der Waals surface area (Å²) in [7, 11) is 0. The van der Waals surface area contributed by atoms with E-state index < -0.39 is 28.7 Å². The van der Waals surface area contributed by atoms with E-state index >= 15 is 0 Å². The van der Waals surface area contributed by atoms with Crippen molar-refractivity contribution in [2.24, 2.45) is 0 Å². The number of phenols is 5. The number of hydrogen-bond donors (Lipinski definition) is 5. The number of benzene rings is 11. The van der Waals surface area contributed by atoms with Gasteiger partial charge in [0.2, 0.25) is 17.2 Å².